The van der Waals surface area contributed by atoms with Gasteiger partial charge in [-0.3, -0.25) is 14.8 Å². The molecule has 17 heavy (non-hydrogen) atoms. The maximum atomic E-state index is 11.6. The summed E-state index contributed by atoms with van der Waals surface area (Å²) >= 11 is 1.68. The van der Waals surface area contributed by atoms with E-state index >= 15 is 0 Å². The van der Waals surface area contributed by atoms with Gasteiger partial charge in [-0.2, -0.15) is 11.8 Å². The van der Waals surface area contributed by atoms with Gasteiger partial charge in [0.05, 0.1) is 30.2 Å². The van der Waals surface area contributed by atoms with E-state index in [4.69, 9.17) is 5.73 Å². The van der Waals surface area contributed by atoms with Gasteiger partial charge in [0.2, 0.25) is 5.91 Å². The lowest BCUT2D eigenvalue weighted by Crippen LogP contribution is -2.40. The first-order valence-electron chi connectivity index (χ1n) is 5.43. The van der Waals surface area contributed by atoms with Crippen LogP contribution >= 0.6 is 11.8 Å². The van der Waals surface area contributed by atoms with E-state index < -0.39 is 6.04 Å². The van der Waals surface area contributed by atoms with E-state index in [1.165, 1.54) is 0 Å². The summed E-state index contributed by atoms with van der Waals surface area (Å²) in [6.45, 7) is 2.24. The van der Waals surface area contributed by atoms with Gasteiger partial charge in [-0.1, -0.05) is 0 Å². The lowest BCUT2D eigenvalue weighted by atomic mass is 10.2. The highest BCUT2D eigenvalue weighted by atomic mass is 32.2. The summed E-state index contributed by atoms with van der Waals surface area (Å²) in [6, 6.07) is -0.444. The third-order valence-corrected chi connectivity index (χ3v) is 2.89. The van der Waals surface area contributed by atoms with Crippen LogP contribution < -0.4 is 11.1 Å². The topological polar surface area (TPSA) is 80.9 Å². The Balaban J connectivity index is 2.34. The zero-order chi connectivity index (χ0) is 12.7. The van der Waals surface area contributed by atoms with E-state index in [2.05, 4.69) is 15.3 Å². The van der Waals surface area contributed by atoms with Gasteiger partial charge in [-0.15, -0.1) is 0 Å². The van der Waals surface area contributed by atoms with Crippen molar-refractivity contribution in [3.05, 3.63) is 23.8 Å². The van der Waals surface area contributed by atoms with Crippen LogP contribution in [0.1, 0.15) is 17.8 Å². The number of carbonyl (C=O) groups is 1. The van der Waals surface area contributed by atoms with E-state index in [0.29, 0.717) is 13.0 Å². The number of aryl methyl sites for hydroxylation is 1. The first-order chi connectivity index (χ1) is 8.13. The summed E-state index contributed by atoms with van der Waals surface area (Å²) < 4.78 is 0. The Morgan fingerprint density at radius 3 is 2.88 bits per heavy atom. The monoisotopic (exact) mass is 254 g/mol. The van der Waals surface area contributed by atoms with E-state index in [-0.39, 0.29) is 5.91 Å². The number of hydrogen-bond donors (Lipinski definition) is 2. The quantitative estimate of drug-likeness (QED) is 0.772. The van der Waals surface area contributed by atoms with Crippen molar-refractivity contribution in [1.29, 1.82) is 0 Å². The molecule has 0 fully saturated rings. The molecule has 94 valence electrons. The third-order valence-electron chi connectivity index (χ3n) is 2.25. The number of nitrogens with two attached hydrogens (primary N) is 1. The molecule has 1 atom stereocenters. The van der Waals surface area contributed by atoms with Crippen LogP contribution in [0.2, 0.25) is 0 Å². The fourth-order valence-corrected chi connectivity index (χ4v) is 1.68. The number of thioether (sulfide) groups is 1. The summed E-state index contributed by atoms with van der Waals surface area (Å²) in [5, 5.41) is 2.75. The normalized spacial score (nSPS) is 12.2. The molecule has 3 N–H and O–H groups in total. The van der Waals surface area contributed by atoms with Crippen molar-refractivity contribution in [1.82, 2.24) is 15.3 Å². The van der Waals surface area contributed by atoms with Gasteiger partial charge in [0.15, 0.2) is 0 Å². The van der Waals surface area contributed by atoms with Gasteiger partial charge in [0.25, 0.3) is 0 Å². The number of aromatic nitrogens is 2. The smallest absolute Gasteiger partial charge is 0.237 e. The van der Waals surface area contributed by atoms with E-state index in [9.17, 15) is 4.79 Å². The van der Waals surface area contributed by atoms with E-state index in [0.717, 1.165) is 17.1 Å². The molecule has 1 rings (SSSR count). The zero-order valence-electron chi connectivity index (χ0n) is 10.1. The molecule has 1 amide bonds. The van der Waals surface area contributed by atoms with Crippen LogP contribution in [0, 0.1) is 6.92 Å². The molecule has 0 radical (unpaired) electrons. The molecule has 1 heterocycles. The number of nitrogens with one attached hydrogen (secondary N) is 1. The molecule has 0 spiro atoms. The molecular formula is C11H18N4OS. The highest BCUT2D eigenvalue weighted by molar-refractivity contribution is 7.98. The van der Waals surface area contributed by atoms with Gasteiger partial charge < -0.3 is 11.1 Å². The molecule has 0 bridgehead atoms. The SMILES string of the molecule is CSCC[C@H](N)C(=O)NCc1cnc(C)cn1. The van der Waals surface area contributed by atoms with Crippen molar-refractivity contribution in [2.24, 2.45) is 5.73 Å². The highest BCUT2D eigenvalue weighted by Gasteiger charge is 2.12. The van der Waals surface area contributed by atoms with Crippen molar-refractivity contribution in [3.63, 3.8) is 0 Å². The molecule has 0 aliphatic heterocycles. The minimum atomic E-state index is -0.444. The Labute approximate surface area is 106 Å². The van der Waals surface area contributed by atoms with Crippen LogP contribution in [-0.4, -0.2) is 33.9 Å². The Kier molecular flexibility index (Phi) is 5.93. The zero-order valence-corrected chi connectivity index (χ0v) is 11.0. The molecular weight excluding hydrogens is 236 g/mol. The van der Waals surface area contributed by atoms with Crippen molar-refractivity contribution in [2.45, 2.75) is 25.9 Å². The van der Waals surface area contributed by atoms with Gasteiger partial charge in [0.1, 0.15) is 0 Å². The van der Waals surface area contributed by atoms with Gasteiger partial charge in [-0.25, -0.2) is 0 Å². The minimum absolute atomic E-state index is 0.138. The molecule has 1 aromatic rings. The van der Waals surface area contributed by atoms with Crippen LogP contribution in [0.15, 0.2) is 12.4 Å². The molecule has 5 nitrogen and oxygen atoms in total. The van der Waals surface area contributed by atoms with Crippen molar-refractivity contribution >= 4 is 17.7 Å². The Hall–Kier alpha value is -1.14. The predicted octanol–water partition coefficient (Wildman–Crippen LogP) is 0.482. The van der Waals surface area contributed by atoms with Crippen molar-refractivity contribution in [3.8, 4) is 0 Å². The fraction of sp³-hybridized carbons (Fsp3) is 0.545. The standard InChI is InChI=1S/C11H18N4OS/c1-8-5-14-9(6-13-8)7-15-11(16)10(12)3-4-17-2/h5-6,10H,3-4,7,12H2,1-2H3,(H,15,16)/t10-/m0/s1. The minimum Gasteiger partial charge on any atom is -0.349 e. The van der Waals surface area contributed by atoms with E-state index in [1.807, 2.05) is 13.2 Å². The molecule has 0 aliphatic carbocycles. The van der Waals surface area contributed by atoms with Crippen LogP contribution in [0.4, 0.5) is 0 Å². The van der Waals surface area contributed by atoms with Gasteiger partial charge >= 0.3 is 0 Å². The number of nitrogens with zero attached hydrogens (tertiary/aromatic N) is 2. The van der Waals surface area contributed by atoms with Gasteiger partial charge in [-0.05, 0) is 25.4 Å². The molecule has 0 aliphatic rings. The maximum absolute atomic E-state index is 11.6. The van der Waals surface area contributed by atoms with Crippen molar-refractivity contribution in [2.75, 3.05) is 12.0 Å². The number of hydrogen-bond acceptors (Lipinski definition) is 5. The number of amides is 1. The maximum Gasteiger partial charge on any atom is 0.237 e. The molecule has 1 aromatic heterocycles. The second-order valence-corrected chi connectivity index (χ2v) is 4.74. The molecule has 0 unspecified atom stereocenters. The lowest BCUT2D eigenvalue weighted by Gasteiger charge is -2.11. The molecule has 0 aromatic carbocycles. The highest BCUT2D eigenvalue weighted by Crippen LogP contribution is 1.99. The summed E-state index contributed by atoms with van der Waals surface area (Å²) in [4.78, 5) is 19.8. The first-order valence-corrected chi connectivity index (χ1v) is 6.82. The second kappa shape index (κ2) is 7.24. The van der Waals surface area contributed by atoms with E-state index in [1.54, 1.807) is 24.2 Å². The Morgan fingerprint density at radius 1 is 1.53 bits per heavy atom. The molecule has 0 saturated carbocycles. The average molecular weight is 254 g/mol. The number of rotatable bonds is 6. The molecule has 6 heteroatoms. The van der Waals surface area contributed by atoms with Gasteiger partial charge in [0, 0.05) is 6.20 Å². The first kappa shape index (κ1) is 13.9. The predicted molar refractivity (Wildman–Crippen MR) is 69.6 cm³/mol. The third kappa shape index (κ3) is 5.14. The summed E-state index contributed by atoms with van der Waals surface area (Å²) in [5.41, 5.74) is 7.33. The van der Waals surface area contributed by atoms with Crippen LogP contribution in [-0.2, 0) is 11.3 Å². The van der Waals surface area contributed by atoms with Crippen LogP contribution in [0.25, 0.3) is 0 Å². The largest absolute Gasteiger partial charge is 0.349 e. The summed E-state index contributed by atoms with van der Waals surface area (Å²) in [6.07, 6.45) is 6.01. The van der Waals surface area contributed by atoms with Crippen LogP contribution in [0.3, 0.4) is 0 Å². The number of carbonyl (C=O) groups excluding carboxylic acids is 1. The fourth-order valence-electron chi connectivity index (χ4n) is 1.20. The summed E-state index contributed by atoms with van der Waals surface area (Å²) in [7, 11) is 0. The second-order valence-electron chi connectivity index (χ2n) is 3.75. The molecule has 0 saturated heterocycles. The lowest BCUT2D eigenvalue weighted by molar-refractivity contribution is -0.122. The summed E-state index contributed by atoms with van der Waals surface area (Å²) in [5.74, 6) is 0.750. The van der Waals surface area contributed by atoms with Crippen molar-refractivity contribution < 1.29 is 4.79 Å². The Morgan fingerprint density at radius 2 is 2.29 bits per heavy atom. The average Bonchev–Trinajstić information content (AvgIpc) is 2.34. The Bertz CT molecular complexity index is 355. The van der Waals surface area contributed by atoms with Crippen LogP contribution in [0.5, 0.6) is 0 Å².